The third kappa shape index (κ3) is 1.87. The summed E-state index contributed by atoms with van der Waals surface area (Å²) in [6.45, 7) is 5.84. The molecule has 1 spiro atoms. The van der Waals surface area contributed by atoms with Gasteiger partial charge in [-0.3, -0.25) is 0 Å². The first-order valence-corrected chi connectivity index (χ1v) is 6.34. The normalized spacial score (nSPS) is 26.6. The van der Waals surface area contributed by atoms with Gasteiger partial charge >= 0.3 is 0 Å². The third-order valence-corrected chi connectivity index (χ3v) is 4.64. The van der Waals surface area contributed by atoms with Crippen LogP contribution in [0.2, 0.25) is 12.1 Å². The van der Waals surface area contributed by atoms with Crippen LogP contribution in [0, 0.1) is 11.2 Å². The van der Waals surface area contributed by atoms with Crippen LogP contribution in [0.3, 0.4) is 0 Å². The summed E-state index contributed by atoms with van der Waals surface area (Å²) in [6, 6.07) is 0. The molecule has 2 rings (SSSR count). The van der Waals surface area contributed by atoms with Crippen LogP contribution in [0.25, 0.3) is 0 Å². The average Bonchev–Trinajstić information content (AvgIpc) is 2.78. The van der Waals surface area contributed by atoms with E-state index in [9.17, 15) is 0 Å². The molecule has 0 N–H and O–H groups in total. The van der Waals surface area contributed by atoms with Crippen LogP contribution in [0.4, 0.5) is 0 Å². The summed E-state index contributed by atoms with van der Waals surface area (Å²) in [6.07, 6.45) is 5.09. The van der Waals surface area contributed by atoms with Crippen molar-refractivity contribution in [3.8, 4) is 5.97 Å². The molecule has 16 heavy (non-hydrogen) atoms. The highest BCUT2D eigenvalue weighted by Crippen LogP contribution is 2.52. The van der Waals surface area contributed by atoms with Crippen LogP contribution in [0.15, 0.2) is 0 Å². The van der Waals surface area contributed by atoms with E-state index in [-0.39, 0.29) is 17.8 Å². The molecule has 2 fully saturated rings. The fraction of sp³-hybridized carbons (Fsp3) is 0.917. The molecule has 88 valence electrons. The van der Waals surface area contributed by atoms with Crippen LogP contribution in [0.1, 0.15) is 39.0 Å². The summed E-state index contributed by atoms with van der Waals surface area (Å²) in [5, 5.41) is 9.32. The number of hydrogen-bond acceptors (Lipinski definition) is 3. The van der Waals surface area contributed by atoms with Crippen LogP contribution in [0.5, 0.6) is 0 Å². The lowest BCUT2D eigenvalue weighted by atomic mass is 9.32. The molecule has 0 aromatic heterocycles. The van der Waals surface area contributed by atoms with Crippen molar-refractivity contribution in [1.82, 2.24) is 0 Å². The lowest BCUT2D eigenvalue weighted by molar-refractivity contribution is -0.181. The summed E-state index contributed by atoms with van der Waals surface area (Å²) < 4.78 is 11.5. The van der Waals surface area contributed by atoms with E-state index in [0.29, 0.717) is 0 Å². The molecule has 1 saturated carbocycles. The zero-order chi connectivity index (χ0) is 11.6. The highest BCUT2D eigenvalue weighted by atomic mass is 16.7. The van der Waals surface area contributed by atoms with Gasteiger partial charge in [-0.1, -0.05) is 20.2 Å². The van der Waals surface area contributed by atoms with E-state index in [4.69, 9.17) is 14.7 Å². The van der Waals surface area contributed by atoms with Crippen LogP contribution in [-0.2, 0) is 9.47 Å². The molecular formula is C12H20BNO2. The van der Waals surface area contributed by atoms with Gasteiger partial charge in [-0.05, 0) is 18.2 Å². The van der Waals surface area contributed by atoms with Crippen molar-refractivity contribution in [2.24, 2.45) is 0 Å². The zero-order valence-electron chi connectivity index (χ0n) is 10.3. The fourth-order valence-electron chi connectivity index (χ4n) is 3.14. The topological polar surface area (TPSA) is 42.2 Å². The molecule has 4 heteroatoms. The first-order chi connectivity index (χ1) is 7.66. The molecule has 0 unspecified atom stereocenters. The van der Waals surface area contributed by atoms with E-state index in [1.165, 1.54) is 0 Å². The highest BCUT2D eigenvalue weighted by molar-refractivity contribution is 6.68. The number of nitrogens with zero attached hydrogens (tertiary/aromatic N) is 1. The molecule has 0 atom stereocenters. The van der Waals surface area contributed by atoms with Crippen LogP contribution >= 0.6 is 0 Å². The molecule has 0 radical (unpaired) electrons. The maximum Gasteiger partial charge on any atom is 0.271 e. The van der Waals surface area contributed by atoms with Crippen molar-refractivity contribution in [2.45, 2.75) is 57.0 Å². The summed E-state index contributed by atoms with van der Waals surface area (Å²) >= 11 is 0. The summed E-state index contributed by atoms with van der Waals surface area (Å²) in [7, 11) is 0. The Morgan fingerprint density at radius 2 is 1.75 bits per heavy atom. The van der Waals surface area contributed by atoms with E-state index in [0.717, 1.165) is 45.3 Å². The van der Waals surface area contributed by atoms with Gasteiger partial charge in [0.1, 0.15) is 0 Å². The van der Waals surface area contributed by atoms with Crippen molar-refractivity contribution in [1.29, 1.82) is 5.26 Å². The SMILES string of the molecule is CCC1(B(C)C#N)CCC2(CC1)OCCO2. The highest BCUT2D eigenvalue weighted by Gasteiger charge is 2.48. The minimum atomic E-state index is -0.298. The molecule has 1 saturated heterocycles. The zero-order valence-corrected chi connectivity index (χ0v) is 10.3. The predicted molar refractivity (Wildman–Crippen MR) is 63.3 cm³/mol. The second kappa shape index (κ2) is 4.39. The van der Waals surface area contributed by atoms with E-state index in [2.05, 4.69) is 19.7 Å². The van der Waals surface area contributed by atoms with Gasteiger partial charge in [0.15, 0.2) is 5.79 Å². The number of hydrogen-bond donors (Lipinski definition) is 0. The van der Waals surface area contributed by atoms with Gasteiger partial charge < -0.3 is 9.47 Å². The van der Waals surface area contributed by atoms with E-state index >= 15 is 0 Å². The van der Waals surface area contributed by atoms with Gasteiger partial charge in [-0.15, -0.1) is 0 Å². The minimum absolute atomic E-state index is 0.135. The van der Waals surface area contributed by atoms with E-state index in [1.807, 2.05) is 0 Å². The maximum absolute atomic E-state index is 9.13. The maximum atomic E-state index is 9.13. The van der Waals surface area contributed by atoms with Crippen LogP contribution in [-0.4, -0.2) is 25.7 Å². The quantitative estimate of drug-likeness (QED) is 0.673. The first kappa shape index (κ1) is 11.9. The Morgan fingerprint density at radius 3 is 2.19 bits per heavy atom. The van der Waals surface area contributed by atoms with E-state index in [1.54, 1.807) is 0 Å². The van der Waals surface area contributed by atoms with Crippen molar-refractivity contribution < 1.29 is 9.47 Å². The Bertz CT molecular complexity index is 284. The van der Waals surface area contributed by atoms with Crippen molar-refractivity contribution in [2.75, 3.05) is 13.2 Å². The molecule has 1 aliphatic heterocycles. The fourth-order valence-corrected chi connectivity index (χ4v) is 3.14. The standard InChI is InChI=1S/C12H20BNO2/c1-3-11(13(2)10-14)4-6-12(7-5-11)15-8-9-16-12/h3-9H2,1-2H3. The van der Waals surface area contributed by atoms with Gasteiger partial charge in [0, 0.05) is 18.8 Å². The smallest absolute Gasteiger partial charge is 0.271 e. The summed E-state index contributed by atoms with van der Waals surface area (Å²) in [4.78, 5) is 0. The van der Waals surface area contributed by atoms with Gasteiger partial charge in [-0.2, -0.15) is 0 Å². The summed E-state index contributed by atoms with van der Waals surface area (Å²) in [5.41, 5.74) is 0. The largest absolute Gasteiger partial charge is 0.348 e. The molecule has 3 nitrogen and oxygen atoms in total. The first-order valence-electron chi connectivity index (χ1n) is 6.34. The Morgan fingerprint density at radius 1 is 1.19 bits per heavy atom. The van der Waals surface area contributed by atoms with Gasteiger partial charge in [0.2, 0.25) is 0 Å². The Balaban J connectivity index is 2.04. The molecule has 0 aromatic rings. The van der Waals surface area contributed by atoms with Gasteiger partial charge in [0.25, 0.3) is 6.71 Å². The number of nitriles is 1. The molecule has 0 aromatic carbocycles. The van der Waals surface area contributed by atoms with Crippen molar-refractivity contribution in [3.05, 3.63) is 0 Å². The van der Waals surface area contributed by atoms with Crippen molar-refractivity contribution in [3.63, 3.8) is 0 Å². The Hall–Kier alpha value is -0.525. The minimum Gasteiger partial charge on any atom is -0.348 e. The van der Waals surface area contributed by atoms with Crippen LogP contribution < -0.4 is 0 Å². The second-order valence-corrected chi connectivity index (χ2v) is 5.17. The number of rotatable bonds is 2. The second-order valence-electron chi connectivity index (χ2n) is 5.17. The molecule has 0 amide bonds. The predicted octanol–water partition coefficient (Wildman–Crippen LogP) is 2.64. The van der Waals surface area contributed by atoms with Crippen molar-refractivity contribution >= 4 is 6.71 Å². The van der Waals surface area contributed by atoms with E-state index < -0.39 is 0 Å². The molecule has 2 aliphatic rings. The third-order valence-electron chi connectivity index (χ3n) is 4.64. The molecule has 1 aliphatic carbocycles. The lowest BCUT2D eigenvalue weighted by Gasteiger charge is -2.44. The lowest BCUT2D eigenvalue weighted by Crippen LogP contribution is -2.41. The molecule has 0 bridgehead atoms. The Labute approximate surface area is 98.2 Å². The number of ether oxygens (including phenoxy) is 2. The Kier molecular flexibility index (Phi) is 3.28. The monoisotopic (exact) mass is 221 g/mol. The average molecular weight is 221 g/mol. The van der Waals surface area contributed by atoms with Gasteiger partial charge in [0.05, 0.1) is 13.2 Å². The molecule has 1 heterocycles. The summed E-state index contributed by atoms with van der Waals surface area (Å²) in [5.74, 6) is 2.13. The van der Waals surface area contributed by atoms with Gasteiger partial charge in [-0.25, -0.2) is 5.26 Å². The molecular weight excluding hydrogens is 201 g/mol.